The van der Waals surface area contributed by atoms with Crippen molar-refractivity contribution in [3.63, 3.8) is 0 Å². The number of urea groups is 1. The maximum Gasteiger partial charge on any atom is 0.329 e. The molecule has 8 nitrogen and oxygen atoms in total. The fourth-order valence-corrected chi connectivity index (χ4v) is 5.28. The number of benzene rings is 3. The van der Waals surface area contributed by atoms with Crippen molar-refractivity contribution in [1.82, 2.24) is 19.8 Å². The van der Waals surface area contributed by atoms with Crippen LogP contribution in [0.5, 0.6) is 11.5 Å². The summed E-state index contributed by atoms with van der Waals surface area (Å²) in [6.45, 7) is -1.05. The Hall–Kier alpha value is -4.35. The molecular formula is C29H23ClF3N5O3. The number of imidazole rings is 1. The van der Waals surface area contributed by atoms with E-state index in [2.05, 4.69) is 15.2 Å². The molecule has 2 aliphatic rings. The van der Waals surface area contributed by atoms with Gasteiger partial charge in [0.25, 0.3) is 0 Å². The Morgan fingerprint density at radius 1 is 1.02 bits per heavy atom. The van der Waals surface area contributed by atoms with Crippen LogP contribution >= 0.6 is 11.6 Å². The largest absolute Gasteiger partial charge is 0.453 e. The van der Waals surface area contributed by atoms with Crippen molar-refractivity contribution in [1.29, 1.82) is 0 Å². The van der Waals surface area contributed by atoms with Crippen LogP contribution < -0.4 is 15.0 Å². The van der Waals surface area contributed by atoms with Gasteiger partial charge in [-0.25, -0.2) is 14.2 Å². The van der Waals surface area contributed by atoms with Crippen molar-refractivity contribution in [2.75, 3.05) is 11.4 Å². The molecule has 6 rings (SSSR count). The first kappa shape index (κ1) is 26.9. The number of hydrogen-bond donors (Lipinski definition) is 1. The van der Waals surface area contributed by atoms with Crippen LogP contribution in [-0.4, -0.2) is 32.9 Å². The first-order chi connectivity index (χ1) is 19.8. The number of nitrogens with zero attached hydrogens (tertiary/aromatic N) is 4. The van der Waals surface area contributed by atoms with Gasteiger partial charge in [0.15, 0.2) is 11.6 Å². The molecule has 0 atom stereocenters. The first-order valence-corrected chi connectivity index (χ1v) is 13.2. The van der Waals surface area contributed by atoms with Gasteiger partial charge < -0.3 is 4.74 Å². The predicted molar refractivity (Wildman–Crippen MR) is 145 cm³/mol. The lowest BCUT2D eigenvalue weighted by atomic mass is 10.1. The zero-order valence-corrected chi connectivity index (χ0v) is 22.2. The van der Waals surface area contributed by atoms with Gasteiger partial charge in [0, 0.05) is 38.2 Å². The minimum Gasteiger partial charge on any atom is -0.453 e. The highest BCUT2D eigenvalue weighted by Gasteiger charge is 2.31. The van der Waals surface area contributed by atoms with Crippen molar-refractivity contribution in [2.24, 2.45) is 0 Å². The van der Waals surface area contributed by atoms with E-state index in [0.717, 1.165) is 21.6 Å². The summed E-state index contributed by atoms with van der Waals surface area (Å²) in [5.74, 6) is -0.608. The minimum absolute atomic E-state index is 0.00827. The van der Waals surface area contributed by atoms with Crippen molar-refractivity contribution >= 4 is 29.4 Å². The number of ether oxygens (including phenoxy) is 1. The normalized spacial score (nSPS) is 15.4. The molecule has 1 N–H and O–H groups in total. The number of anilines is 1. The van der Waals surface area contributed by atoms with E-state index in [-0.39, 0.29) is 35.4 Å². The summed E-state index contributed by atoms with van der Waals surface area (Å²) in [5.41, 5.74) is 3.58. The van der Waals surface area contributed by atoms with Crippen molar-refractivity contribution in [3.05, 3.63) is 94.4 Å². The van der Waals surface area contributed by atoms with Gasteiger partial charge in [0.1, 0.15) is 17.4 Å². The zero-order chi connectivity index (χ0) is 28.7. The van der Waals surface area contributed by atoms with Crippen LogP contribution in [0.3, 0.4) is 0 Å². The van der Waals surface area contributed by atoms with Crippen LogP contribution in [0.4, 0.5) is 23.8 Å². The summed E-state index contributed by atoms with van der Waals surface area (Å²) < 4.78 is 48.8. The Bertz CT molecular complexity index is 1620. The molecule has 3 aromatic carbocycles. The molecule has 0 unspecified atom stereocenters. The topological polar surface area (TPSA) is 79.7 Å². The Morgan fingerprint density at radius 2 is 1.80 bits per heavy atom. The smallest absolute Gasteiger partial charge is 0.329 e. The standard InChI is InChI=1S/C29H23ClF3N5O3/c30-22-2-1-3-23(31)26(22)41-21-8-4-17(5-9-21)14-36-15-19-7-6-18(12-20(19)16-36)27-34-13-25(38(27)28(32)33)37-11-10-24(39)35-29(37)40/h1-9,12-13,28H,10-11,14-16H2,(H,35,39,40). The minimum atomic E-state index is -2.95. The molecule has 0 spiro atoms. The Morgan fingerprint density at radius 3 is 2.54 bits per heavy atom. The number of carbonyl (C=O) groups excluding carboxylic acids is 2. The van der Waals surface area contributed by atoms with Crippen LogP contribution in [0.1, 0.15) is 29.7 Å². The predicted octanol–water partition coefficient (Wildman–Crippen LogP) is 6.49. The van der Waals surface area contributed by atoms with Gasteiger partial charge in [-0.05, 0) is 47.0 Å². The molecule has 1 saturated heterocycles. The third-order valence-electron chi connectivity index (χ3n) is 7.02. The summed E-state index contributed by atoms with van der Waals surface area (Å²) in [7, 11) is 0. The molecule has 0 saturated carbocycles. The highest BCUT2D eigenvalue weighted by Crippen LogP contribution is 2.35. The first-order valence-electron chi connectivity index (χ1n) is 12.8. The van der Waals surface area contributed by atoms with E-state index in [9.17, 15) is 22.8 Å². The molecular weight excluding hydrogens is 559 g/mol. The molecule has 1 aromatic heterocycles. The average molecular weight is 582 g/mol. The number of para-hydroxylation sites is 1. The summed E-state index contributed by atoms with van der Waals surface area (Å²) >= 11 is 6.05. The summed E-state index contributed by atoms with van der Waals surface area (Å²) in [6.07, 6.45) is 1.24. The fraction of sp³-hybridized carbons (Fsp3) is 0.207. The summed E-state index contributed by atoms with van der Waals surface area (Å²) in [4.78, 5) is 31.3. The lowest BCUT2D eigenvalue weighted by Gasteiger charge is -2.27. The second-order valence-corrected chi connectivity index (χ2v) is 10.2. The Kier molecular flexibility index (Phi) is 7.14. The molecule has 0 aliphatic carbocycles. The Balaban J connectivity index is 1.16. The molecule has 4 aromatic rings. The highest BCUT2D eigenvalue weighted by atomic mass is 35.5. The van der Waals surface area contributed by atoms with E-state index in [0.29, 0.717) is 35.5 Å². The quantitative estimate of drug-likeness (QED) is 0.270. The second-order valence-electron chi connectivity index (χ2n) is 9.77. The van der Waals surface area contributed by atoms with E-state index in [1.807, 2.05) is 24.3 Å². The van der Waals surface area contributed by atoms with Crippen LogP contribution in [0, 0.1) is 5.82 Å². The van der Waals surface area contributed by atoms with Crippen LogP contribution in [-0.2, 0) is 24.4 Å². The number of nitrogens with one attached hydrogen (secondary N) is 1. The highest BCUT2D eigenvalue weighted by molar-refractivity contribution is 6.32. The van der Waals surface area contributed by atoms with Crippen molar-refractivity contribution in [3.8, 4) is 22.9 Å². The second kappa shape index (κ2) is 10.9. The molecule has 41 heavy (non-hydrogen) atoms. The monoisotopic (exact) mass is 581 g/mol. The van der Waals surface area contributed by atoms with E-state index in [1.54, 1.807) is 24.3 Å². The number of imide groups is 1. The molecule has 3 heterocycles. The fourth-order valence-electron chi connectivity index (χ4n) is 5.08. The van der Waals surface area contributed by atoms with Gasteiger partial charge in [-0.15, -0.1) is 0 Å². The molecule has 12 heteroatoms. The van der Waals surface area contributed by atoms with Crippen LogP contribution in [0.25, 0.3) is 11.4 Å². The number of fused-ring (bicyclic) bond motifs is 1. The van der Waals surface area contributed by atoms with Crippen molar-refractivity contribution in [2.45, 2.75) is 32.6 Å². The lowest BCUT2D eigenvalue weighted by molar-refractivity contribution is -0.120. The van der Waals surface area contributed by atoms with Crippen LogP contribution in [0.15, 0.2) is 66.9 Å². The SMILES string of the molecule is O=C1CCN(c2cnc(-c3ccc4c(c3)CN(Cc3ccc(Oc5c(F)cccc5Cl)cc3)C4)n2C(F)F)C(=O)N1. The number of aromatic nitrogens is 2. The van der Waals surface area contributed by atoms with E-state index >= 15 is 0 Å². The van der Waals surface area contributed by atoms with Gasteiger partial charge in [0.2, 0.25) is 5.91 Å². The lowest BCUT2D eigenvalue weighted by Crippen LogP contribution is -2.50. The van der Waals surface area contributed by atoms with Gasteiger partial charge >= 0.3 is 12.6 Å². The number of rotatable bonds is 7. The maximum atomic E-state index is 14.2. The van der Waals surface area contributed by atoms with Crippen LogP contribution in [0.2, 0.25) is 5.02 Å². The Labute approximate surface area is 237 Å². The summed E-state index contributed by atoms with van der Waals surface area (Å²) in [6, 6.07) is 16.4. The number of amides is 3. The molecule has 3 amide bonds. The van der Waals surface area contributed by atoms with Gasteiger partial charge in [-0.2, -0.15) is 8.78 Å². The van der Waals surface area contributed by atoms with Gasteiger partial charge in [0.05, 0.1) is 11.2 Å². The number of alkyl halides is 2. The average Bonchev–Trinajstić information content (AvgIpc) is 3.55. The number of hydrogen-bond acceptors (Lipinski definition) is 5. The van der Waals surface area contributed by atoms with Gasteiger partial charge in [-0.3, -0.25) is 24.5 Å². The van der Waals surface area contributed by atoms with Crippen molar-refractivity contribution < 1.29 is 27.5 Å². The molecule has 0 bridgehead atoms. The van der Waals surface area contributed by atoms with E-state index in [1.165, 1.54) is 18.3 Å². The maximum absolute atomic E-state index is 14.2. The third-order valence-corrected chi connectivity index (χ3v) is 7.32. The number of halogens is 4. The summed E-state index contributed by atoms with van der Waals surface area (Å²) in [5, 5.41) is 2.33. The molecule has 0 radical (unpaired) electrons. The molecule has 2 aliphatic heterocycles. The van der Waals surface area contributed by atoms with E-state index < -0.39 is 24.3 Å². The number of carbonyl (C=O) groups is 2. The zero-order valence-electron chi connectivity index (χ0n) is 21.5. The van der Waals surface area contributed by atoms with Gasteiger partial charge in [-0.1, -0.05) is 41.9 Å². The molecule has 1 fully saturated rings. The van der Waals surface area contributed by atoms with E-state index in [4.69, 9.17) is 16.3 Å². The molecule has 210 valence electrons. The third kappa shape index (κ3) is 5.38.